The average molecular weight is 415 g/mol. The molecule has 2 aromatic carbocycles. The first-order valence-corrected chi connectivity index (χ1v) is 10.3. The van der Waals surface area contributed by atoms with Crippen LogP contribution < -0.4 is 15.0 Å². The number of aromatic nitrogens is 1. The molecule has 1 aromatic heterocycles. The Kier molecular flexibility index (Phi) is 5.71. The van der Waals surface area contributed by atoms with E-state index in [-0.39, 0.29) is 24.3 Å². The first-order valence-electron chi connectivity index (χ1n) is 10.3. The van der Waals surface area contributed by atoms with Gasteiger partial charge in [-0.15, -0.1) is 0 Å². The fourth-order valence-electron chi connectivity index (χ4n) is 3.97. The number of carbonyl (C=O) groups is 2. The molecule has 6 nitrogen and oxygen atoms in total. The van der Waals surface area contributed by atoms with Crippen molar-refractivity contribution >= 4 is 17.5 Å². The third kappa shape index (κ3) is 4.14. The Morgan fingerprint density at radius 3 is 2.65 bits per heavy atom. The summed E-state index contributed by atoms with van der Waals surface area (Å²) in [4.78, 5) is 32.2. The van der Waals surface area contributed by atoms with Crippen molar-refractivity contribution in [3.63, 3.8) is 0 Å². The van der Waals surface area contributed by atoms with Crippen LogP contribution in [0.5, 0.6) is 5.75 Å². The van der Waals surface area contributed by atoms with Gasteiger partial charge in [-0.05, 0) is 61.4 Å². The topological polar surface area (TPSA) is 71.5 Å². The molecule has 3 aromatic rings. The maximum atomic E-state index is 13.1. The fraction of sp³-hybridized carbons (Fsp3) is 0.240. The number of rotatable bonds is 6. The molecule has 158 valence electrons. The molecular weight excluding hydrogens is 390 g/mol. The Labute approximate surface area is 181 Å². The normalized spacial score (nSPS) is 16.0. The van der Waals surface area contributed by atoms with Crippen LogP contribution in [-0.4, -0.2) is 23.9 Å². The van der Waals surface area contributed by atoms with Crippen LogP contribution in [0.4, 0.5) is 5.69 Å². The second-order valence-corrected chi connectivity index (χ2v) is 7.73. The molecule has 2 amide bonds. The van der Waals surface area contributed by atoms with Crippen molar-refractivity contribution in [3.05, 3.63) is 89.2 Å². The van der Waals surface area contributed by atoms with E-state index < -0.39 is 6.04 Å². The van der Waals surface area contributed by atoms with Gasteiger partial charge in [-0.3, -0.25) is 19.5 Å². The Balaban J connectivity index is 1.56. The number of hydrogen-bond acceptors (Lipinski definition) is 4. The van der Waals surface area contributed by atoms with Gasteiger partial charge in [0.25, 0.3) is 5.91 Å². The molecule has 0 radical (unpaired) electrons. The Morgan fingerprint density at radius 2 is 1.94 bits per heavy atom. The molecule has 1 aliphatic rings. The molecule has 1 N–H and O–H groups in total. The predicted octanol–water partition coefficient (Wildman–Crippen LogP) is 4.37. The SMILES string of the molecule is COc1ccc([C@H](C)NC(=O)C[C@@H]2c3ncccc3C(=O)N2c2cccc(C)c2)cc1. The second kappa shape index (κ2) is 8.60. The van der Waals surface area contributed by atoms with E-state index in [0.717, 1.165) is 22.6 Å². The van der Waals surface area contributed by atoms with Crippen molar-refractivity contribution in [2.45, 2.75) is 32.4 Å². The Morgan fingerprint density at radius 1 is 1.16 bits per heavy atom. The van der Waals surface area contributed by atoms with Crippen molar-refractivity contribution in [1.82, 2.24) is 10.3 Å². The van der Waals surface area contributed by atoms with Crippen LogP contribution in [0, 0.1) is 6.92 Å². The van der Waals surface area contributed by atoms with E-state index in [4.69, 9.17) is 4.74 Å². The molecule has 2 heterocycles. The highest BCUT2D eigenvalue weighted by atomic mass is 16.5. The molecule has 31 heavy (non-hydrogen) atoms. The van der Waals surface area contributed by atoms with E-state index in [2.05, 4.69) is 10.3 Å². The number of hydrogen-bond donors (Lipinski definition) is 1. The number of pyridine rings is 1. The van der Waals surface area contributed by atoms with Gasteiger partial charge in [0.2, 0.25) is 5.91 Å². The number of amides is 2. The lowest BCUT2D eigenvalue weighted by molar-refractivity contribution is -0.122. The number of anilines is 1. The van der Waals surface area contributed by atoms with Crippen LogP contribution in [0.1, 0.15) is 52.6 Å². The number of nitrogens with one attached hydrogen (secondary N) is 1. The maximum absolute atomic E-state index is 13.1. The highest BCUT2D eigenvalue weighted by Crippen LogP contribution is 2.38. The molecular formula is C25H25N3O3. The highest BCUT2D eigenvalue weighted by Gasteiger charge is 2.40. The van der Waals surface area contributed by atoms with E-state index in [1.165, 1.54) is 0 Å². The molecule has 0 saturated heterocycles. The first kappa shape index (κ1) is 20.6. The number of benzene rings is 2. The smallest absolute Gasteiger partial charge is 0.260 e. The molecule has 0 fully saturated rings. The number of aryl methyl sites for hydroxylation is 1. The quantitative estimate of drug-likeness (QED) is 0.649. The van der Waals surface area contributed by atoms with Gasteiger partial charge in [0, 0.05) is 11.9 Å². The van der Waals surface area contributed by atoms with Crippen LogP contribution in [0.15, 0.2) is 66.9 Å². The lowest BCUT2D eigenvalue weighted by Gasteiger charge is -2.25. The Bertz CT molecular complexity index is 1110. The number of fused-ring (bicyclic) bond motifs is 1. The largest absolute Gasteiger partial charge is 0.497 e. The molecule has 6 heteroatoms. The summed E-state index contributed by atoms with van der Waals surface area (Å²) < 4.78 is 5.19. The van der Waals surface area contributed by atoms with Gasteiger partial charge in [0.1, 0.15) is 5.75 Å². The van der Waals surface area contributed by atoms with E-state index in [1.54, 1.807) is 30.3 Å². The monoisotopic (exact) mass is 415 g/mol. The summed E-state index contributed by atoms with van der Waals surface area (Å²) in [5.41, 5.74) is 3.98. The van der Waals surface area contributed by atoms with Crippen molar-refractivity contribution in [2.75, 3.05) is 12.0 Å². The van der Waals surface area contributed by atoms with Crippen LogP contribution in [0.2, 0.25) is 0 Å². The van der Waals surface area contributed by atoms with E-state index >= 15 is 0 Å². The highest BCUT2D eigenvalue weighted by molar-refractivity contribution is 6.11. The van der Waals surface area contributed by atoms with Crippen molar-refractivity contribution in [2.24, 2.45) is 0 Å². The van der Waals surface area contributed by atoms with Gasteiger partial charge in [-0.25, -0.2) is 0 Å². The van der Waals surface area contributed by atoms with Gasteiger partial charge >= 0.3 is 0 Å². The lowest BCUT2D eigenvalue weighted by Crippen LogP contribution is -2.34. The maximum Gasteiger partial charge on any atom is 0.260 e. The summed E-state index contributed by atoms with van der Waals surface area (Å²) in [7, 11) is 1.62. The van der Waals surface area contributed by atoms with Gasteiger partial charge in [0.05, 0.1) is 36.9 Å². The molecule has 1 aliphatic heterocycles. The summed E-state index contributed by atoms with van der Waals surface area (Å²) in [5.74, 6) is 0.496. The predicted molar refractivity (Wildman–Crippen MR) is 119 cm³/mol. The zero-order chi connectivity index (χ0) is 22.0. The third-order valence-corrected chi connectivity index (χ3v) is 5.57. The number of ether oxygens (including phenoxy) is 1. The molecule has 0 bridgehead atoms. The van der Waals surface area contributed by atoms with Gasteiger partial charge in [0.15, 0.2) is 0 Å². The molecule has 0 aliphatic carbocycles. The van der Waals surface area contributed by atoms with E-state index in [0.29, 0.717) is 11.3 Å². The van der Waals surface area contributed by atoms with E-state index in [1.807, 2.05) is 62.4 Å². The summed E-state index contributed by atoms with van der Waals surface area (Å²) in [5, 5.41) is 3.04. The molecule has 0 saturated carbocycles. The van der Waals surface area contributed by atoms with Crippen molar-refractivity contribution in [1.29, 1.82) is 0 Å². The minimum absolute atomic E-state index is 0.129. The van der Waals surface area contributed by atoms with Crippen molar-refractivity contribution in [3.8, 4) is 5.75 Å². The van der Waals surface area contributed by atoms with Crippen molar-refractivity contribution < 1.29 is 14.3 Å². The minimum Gasteiger partial charge on any atom is -0.497 e. The minimum atomic E-state index is -0.450. The summed E-state index contributed by atoms with van der Waals surface area (Å²) in [6.45, 7) is 3.91. The van der Waals surface area contributed by atoms with Gasteiger partial charge in [-0.1, -0.05) is 24.3 Å². The summed E-state index contributed by atoms with van der Waals surface area (Å²) in [6, 6.07) is 18.2. The molecule has 2 atom stereocenters. The standard InChI is InChI=1S/C25H25N3O3/c1-16-6-4-7-19(14-16)28-22(24-21(25(28)30)8-5-13-26-24)15-23(29)27-17(2)18-9-11-20(31-3)12-10-18/h4-14,17,22H,15H2,1-3H3,(H,27,29)/t17-,22+/m0/s1. The number of nitrogens with zero attached hydrogens (tertiary/aromatic N) is 2. The average Bonchev–Trinajstić information content (AvgIpc) is 3.05. The number of methoxy groups -OCH3 is 1. The zero-order valence-corrected chi connectivity index (χ0v) is 17.8. The summed E-state index contributed by atoms with van der Waals surface area (Å²) in [6.07, 6.45) is 1.79. The fourth-order valence-corrected chi connectivity index (χ4v) is 3.97. The van der Waals surface area contributed by atoms with Crippen LogP contribution in [0.3, 0.4) is 0 Å². The molecule has 0 spiro atoms. The van der Waals surface area contributed by atoms with Crippen LogP contribution in [0.25, 0.3) is 0 Å². The van der Waals surface area contributed by atoms with Crippen LogP contribution >= 0.6 is 0 Å². The molecule has 4 rings (SSSR count). The second-order valence-electron chi connectivity index (χ2n) is 7.73. The van der Waals surface area contributed by atoms with Gasteiger partial charge in [-0.2, -0.15) is 0 Å². The first-order chi connectivity index (χ1) is 15.0. The zero-order valence-electron chi connectivity index (χ0n) is 17.8. The van der Waals surface area contributed by atoms with E-state index in [9.17, 15) is 9.59 Å². The number of carbonyl (C=O) groups excluding carboxylic acids is 2. The summed E-state index contributed by atoms with van der Waals surface area (Å²) >= 11 is 0. The molecule has 0 unspecified atom stereocenters. The van der Waals surface area contributed by atoms with Crippen LogP contribution in [-0.2, 0) is 4.79 Å². The lowest BCUT2D eigenvalue weighted by atomic mass is 10.1. The Hall–Kier alpha value is -3.67. The van der Waals surface area contributed by atoms with Gasteiger partial charge < -0.3 is 10.1 Å². The third-order valence-electron chi connectivity index (χ3n) is 5.57.